The van der Waals surface area contributed by atoms with Crippen LogP contribution in [0.5, 0.6) is 5.75 Å². The van der Waals surface area contributed by atoms with Crippen LogP contribution in [0.15, 0.2) is 24.3 Å². The van der Waals surface area contributed by atoms with E-state index in [1.165, 1.54) is 10.8 Å². The van der Waals surface area contributed by atoms with Crippen LogP contribution in [-0.2, 0) is 14.3 Å². The number of carbonyl (C=O) groups is 2. The highest BCUT2D eigenvalue weighted by Crippen LogP contribution is 2.25. The first-order valence-corrected chi connectivity index (χ1v) is 13.9. The quantitative estimate of drug-likeness (QED) is 0.139. The highest BCUT2D eigenvalue weighted by atomic mass is 33.1. The number of amides is 2. The number of nitrogens with two attached hydrogens (primary N) is 1. The third-order valence-electron chi connectivity index (χ3n) is 3.65. The molecule has 2 amide bonds. The average Bonchev–Trinajstić information content (AvgIpc) is 2.84. The molecule has 198 valence electrons. The van der Waals surface area contributed by atoms with E-state index in [2.05, 4.69) is 22.5 Å². The summed E-state index contributed by atoms with van der Waals surface area (Å²) >= 11 is 0. The Labute approximate surface area is 216 Å². The molecule has 0 unspecified atom stereocenters. The van der Waals surface area contributed by atoms with Crippen molar-refractivity contribution in [3.8, 4) is 17.6 Å². The van der Waals surface area contributed by atoms with Crippen molar-refractivity contribution >= 4 is 33.4 Å². The lowest BCUT2D eigenvalue weighted by atomic mass is 10.2. The molecule has 34 heavy (non-hydrogen) atoms. The molecule has 0 heterocycles. The normalized spacial score (nSPS) is 10.9. The maximum Gasteiger partial charge on any atom is 0.251 e. The number of benzene rings is 1. The van der Waals surface area contributed by atoms with Crippen LogP contribution in [0.1, 0.15) is 42.3 Å². The summed E-state index contributed by atoms with van der Waals surface area (Å²) in [6.07, 6.45) is 1.95. The van der Waals surface area contributed by atoms with Crippen LogP contribution in [0.25, 0.3) is 0 Å². The van der Waals surface area contributed by atoms with E-state index in [0.29, 0.717) is 44.2 Å². The zero-order valence-corrected chi connectivity index (χ0v) is 22.5. The number of nitrogens with one attached hydrogen (secondary N) is 2. The highest BCUT2D eigenvalue weighted by Gasteiger charge is 2.12. The monoisotopic (exact) mass is 519 g/mol. The summed E-state index contributed by atoms with van der Waals surface area (Å²) in [5, 5.41) is 5.41. The van der Waals surface area contributed by atoms with Crippen molar-refractivity contribution < 1.29 is 28.1 Å². The Morgan fingerprint density at radius 3 is 2.65 bits per heavy atom. The van der Waals surface area contributed by atoms with E-state index in [-0.39, 0.29) is 40.7 Å². The second kappa shape index (κ2) is 21.6. The Kier molecular flexibility index (Phi) is 20.4. The van der Waals surface area contributed by atoms with Crippen LogP contribution < -0.4 is 21.1 Å². The molecule has 0 bridgehead atoms. The Morgan fingerprint density at radius 1 is 1.21 bits per heavy atom. The van der Waals surface area contributed by atoms with Gasteiger partial charge >= 0.3 is 0 Å². The first-order chi connectivity index (χ1) is 16.5. The minimum absolute atomic E-state index is 0. The van der Waals surface area contributed by atoms with Crippen LogP contribution in [0.4, 0.5) is 0 Å². The molecule has 0 saturated heterocycles. The largest absolute Gasteiger partial charge is 0.490 e. The van der Waals surface area contributed by atoms with E-state index in [1.807, 2.05) is 34.0 Å². The Bertz CT molecular complexity index is 769. The molecule has 0 saturated carbocycles. The van der Waals surface area contributed by atoms with E-state index in [0.717, 1.165) is 0 Å². The first kappa shape index (κ1) is 32.1. The zero-order valence-electron chi connectivity index (χ0n) is 20.8. The lowest BCUT2D eigenvalue weighted by Gasteiger charge is -2.17. The molecule has 0 radical (unpaired) electrons. The average molecular weight is 520 g/mol. The SMILES string of the molecule is CC.CSS[C@@H](COc1cccc(C(=O)NCCN)c1)OCCOCC(=O)NCC#CC(C)C.[HH].[HH].[HH]. The Morgan fingerprint density at radius 2 is 1.97 bits per heavy atom. The fourth-order valence-electron chi connectivity index (χ4n) is 2.24. The number of rotatable bonds is 15. The summed E-state index contributed by atoms with van der Waals surface area (Å²) in [6.45, 7) is 9.97. The van der Waals surface area contributed by atoms with Crippen molar-refractivity contribution in [2.24, 2.45) is 11.7 Å². The van der Waals surface area contributed by atoms with E-state index >= 15 is 0 Å². The lowest BCUT2D eigenvalue weighted by Crippen LogP contribution is -2.29. The van der Waals surface area contributed by atoms with Crippen molar-refractivity contribution in [2.75, 3.05) is 52.3 Å². The van der Waals surface area contributed by atoms with Crippen LogP contribution in [-0.4, -0.2) is 69.6 Å². The summed E-state index contributed by atoms with van der Waals surface area (Å²) < 4.78 is 16.9. The third-order valence-corrected chi connectivity index (χ3v) is 5.55. The summed E-state index contributed by atoms with van der Waals surface area (Å²) in [7, 11) is 3.09. The Balaban J connectivity index is -0.00000106. The second-order valence-corrected chi connectivity index (χ2v) is 9.38. The number of hydrogen-bond acceptors (Lipinski definition) is 8. The van der Waals surface area contributed by atoms with Crippen molar-refractivity contribution in [1.29, 1.82) is 0 Å². The van der Waals surface area contributed by atoms with E-state index < -0.39 is 0 Å². The van der Waals surface area contributed by atoms with E-state index in [1.54, 1.807) is 35.1 Å². The molecule has 0 spiro atoms. The van der Waals surface area contributed by atoms with Gasteiger partial charge in [0.1, 0.15) is 24.4 Å². The topological polar surface area (TPSA) is 112 Å². The molecule has 10 heteroatoms. The molecular formula is C24H45N3O5S2. The van der Waals surface area contributed by atoms with Crippen molar-refractivity contribution in [1.82, 2.24) is 10.6 Å². The van der Waals surface area contributed by atoms with Gasteiger partial charge in [0.25, 0.3) is 5.91 Å². The van der Waals surface area contributed by atoms with Crippen LogP contribution in [0.2, 0.25) is 0 Å². The Hall–Kier alpha value is -1.90. The van der Waals surface area contributed by atoms with Gasteiger partial charge in [0.2, 0.25) is 5.91 Å². The molecule has 0 aromatic heterocycles. The van der Waals surface area contributed by atoms with Gasteiger partial charge in [-0.15, -0.1) is 0 Å². The van der Waals surface area contributed by atoms with Crippen LogP contribution in [0, 0.1) is 17.8 Å². The van der Waals surface area contributed by atoms with Crippen molar-refractivity contribution in [3.63, 3.8) is 0 Å². The predicted molar refractivity (Wildman–Crippen MR) is 148 cm³/mol. The van der Waals surface area contributed by atoms with Crippen LogP contribution in [0.3, 0.4) is 0 Å². The van der Waals surface area contributed by atoms with Gasteiger partial charge < -0.3 is 30.6 Å². The summed E-state index contributed by atoms with van der Waals surface area (Å²) in [6, 6.07) is 6.94. The van der Waals surface area contributed by atoms with Gasteiger partial charge in [-0.1, -0.05) is 67.2 Å². The van der Waals surface area contributed by atoms with Gasteiger partial charge in [-0.25, -0.2) is 0 Å². The van der Waals surface area contributed by atoms with E-state index in [9.17, 15) is 9.59 Å². The predicted octanol–water partition coefficient (Wildman–Crippen LogP) is 3.66. The molecule has 1 aromatic carbocycles. The smallest absolute Gasteiger partial charge is 0.251 e. The second-order valence-electron chi connectivity index (χ2n) is 6.75. The maximum atomic E-state index is 12.0. The molecule has 0 aliphatic heterocycles. The van der Waals surface area contributed by atoms with Gasteiger partial charge in [0.05, 0.1) is 19.8 Å². The molecule has 8 nitrogen and oxygen atoms in total. The summed E-state index contributed by atoms with van der Waals surface area (Å²) in [5.41, 5.74) is 5.68. The molecule has 1 aromatic rings. The number of ether oxygens (including phenoxy) is 3. The number of carbonyl (C=O) groups excluding carboxylic acids is 2. The standard InChI is InChI=1S/C22H33N3O5S2.C2H6.3H2/c1-17(2)6-5-10-24-20(26)15-28-12-13-29-21(32-31-3)16-30-19-8-4-7-18(14-19)22(27)25-11-9-23;1-2;;;/h4,7-8,14,17,21H,9-13,15-16,23H2,1-3H3,(H,24,26)(H,25,27);1-2H3;3*1H/t21-;;;;/m0..../s1. The lowest BCUT2D eigenvalue weighted by molar-refractivity contribution is -0.126. The molecule has 4 N–H and O–H groups in total. The van der Waals surface area contributed by atoms with Crippen molar-refractivity contribution in [2.45, 2.75) is 33.1 Å². The van der Waals surface area contributed by atoms with Gasteiger partial charge in [-0.3, -0.25) is 9.59 Å². The molecule has 1 atom stereocenters. The summed E-state index contributed by atoms with van der Waals surface area (Å²) in [4.78, 5) is 23.7. The van der Waals surface area contributed by atoms with Crippen LogP contribution >= 0.6 is 21.6 Å². The first-order valence-electron chi connectivity index (χ1n) is 11.3. The molecule has 0 aliphatic carbocycles. The highest BCUT2D eigenvalue weighted by molar-refractivity contribution is 8.76. The van der Waals surface area contributed by atoms with E-state index in [4.69, 9.17) is 19.9 Å². The number of hydrogen-bond donors (Lipinski definition) is 3. The molecule has 1 rings (SSSR count). The third kappa shape index (κ3) is 16.7. The summed E-state index contributed by atoms with van der Waals surface area (Å²) in [5.74, 6) is 6.31. The van der Waals surface area contributed by atoms with Gasteiger partial charge in [0.15, 0.2) is 0 Å². The maximum absolute atomic E-state index is 12.0. The fraction of sp³-hybridized carbons (Fsp3) is 0.583. The zero-order chi connectivity index (χ0) is 25.6. The fourth-order valence-corrected chi connectivity index (χ4v) is 3.71. The van der Waals surface area contributed by atoms with Gasteiger partial charge in [-0.2, -0.15) is 0 Å². The molecule has 0 aliphatic rings. The van der Waals surface area contributed by atoms with Crippen molar-refractivity contribution in [3.05, 3.63) is 29.8 Å². The minimum atomic E-state index is -0.233. The van der Waals surface area contributed by atoms with Gasteiger partial charge in [-0.05, 0) is 24.5 Å². The molecular weight excluding hydrogens is 474 g/mol. The van der Waals surface area contributed by atoms with Gasteiger partial charge in [0, 0.05) is 28.9 Å². The molecule has 0 fully saturated rings. The minimum Gasteiger partial charge on any atom is -0.490 e.